The lowest BCUT2D eigenvalue weighted by Gasteiger charge is -2.41. The molecule has 1 aliphatic rings. The van der Waals surface area contributed by atoms with Gasteiger partial charge in [-0.05, 0) is 17.8 Å². The van der Waals surface area contributed by atoms with Crippen molar-refractivity contribution in [1.82, 2.24) is 10.2 Å². The quantitative estimate of drug-likeness (QED) is 0.666. The van der Waals surface area contributed by atoms with Crippen LogP contribution in [0.15, 0.2) is 42.6 Å². The van der Waals surface area contributed by atoms with Gasteiger partial charge in [0.25, 0.3) is 0 Å². The number of thiocarbonyl (C=S) groups is 1. The van der Waals surface area contributed by atoms with Crippen LogP contribution in [0.5, 0.6) is 0 Å². The first kappa shape index (κ1) is 15.2. The highest BCUT2D eigenvalue weighted by Crippen LogP contribution is 2.36. The molecule has 110 valence electrons. The topological polar surface area (TPSA) is 58.6 Å². The van der Waals surface area contributed by atoms with Crippen molar-refractivity contribution < 1.29 is 14.3 Å². The summed E-state index contributed by atoms with van der Waals surface area (Å²) >= 11 is 5.21. The highest BCUT2D eigenvalue weighted by Gasteiger charge is 2.43. The second kappa shape index (κ2) is 6.05. The van der Waals surface area contributed by atoms with Crippen molar-refractivity contribution in [2.24, 2.45) is 5.92 Å². The summed E-state index contributed by atoms with van der Waals surface area (Å²) in [5.41, 5.74) is 1.23. The number of ether oxygens (including phenoxy) is 1. The van der Waals surface area contributed by atoms with Gasteiger partial charge >= 0.3 is 5.97 Å². The minimum atomic E-state index is -0.715. The second-order valence-electron chi connectivity index (χ2n) is 4.70. The van der Waals surface area contributed by atoms with E-state index in [9.17, 15) is 9.59 Å². The maximum absolute atomic E-state index is 12.1. The molecule has 0 saturated carbocycles. The van der Waals surface area contributed by atoms with Crippen LogP contribution in [0.2, 0.25) is 0 Å². The van der Waals surface area contributed by atoms with E-state index in [0.29, 0.717) is 5.70 Å². The lowest BCUT2D eigenvalue weighted by Crippen LogP contribution is -2.54. The summed E-state index contributed by atoms with van der Waals surface area (Å²) < 4.78 is 4.85. The number of amides is 1. The largest absolute Gasteiger partial charge is 0.468 e. The predicted molar refractivity (Wildman–Crippen MR) is 82.1 cm³/mol. The Labute approximate surface area is 128 Å². The van der Waals surface area contributed by atoms with Gasteiger partial charge in [0.1, 0.15) is 5.92 Å². The summed E-state index contributed by atoms with van der Waals surface area (Å²) in [6.45, 7) is 5.26. The zero-order valence-electron chi connectivity index (χ0n) is 11.8. The molecule has 1 aliphatic heterocycles. The van der Waals surface area contributed by atoms with Crippen LogP contribution in [-0.4, -0.2) is 29.0 Å². The lowest BCUT2D eigenvalue weighted by molar-refractivity contribution is -0.147. The minimum absolute atomic E-state index is 0.238. The molecule has 2 rings (SSSR count). The molecule has 0 spiro atoms. The molecular formula is C15H16N2O3S. The van der Waals surface area contributed by atoms with E-state index in [2.05, 4.69) is 11.9 Å². The van der Waals surface area contributed by atoms with Gasteiger partial charge in [-0.1, -0.05) is 36.9 Å². The summed E-state index contributed by atoms with van der Waals surface area (Å²) in [5.74, 6) is -1.43. The smallest absolute Gasteiger partial charge is 0.317 e. The van der Waals surface area contributed by atoms with Crippen molar-refractivity contribution in [1.29, 1.82) is 0 Å². The fourth-order valence-electron chi connectivity index (χ4n) is 2.47. The number of benzene rings is 1. The molecule has 1 saturated heterocycles. The van der Waals surface area contributed by atoms with Gasteiger partial charge < -0.3 is 10.1 Å². The summed E-state index contributed by atoms with van der Waals surface area (Å²) in [7, 11) is 1.31. The van der Waals surface area contributed by atoms with Gasteiger partial charge in [0.15, 0.2) is 5.11 Å². The Balaban J connectivity index is 2.56. The average Bonchev–Trinajstić information content (AvgIpc) is 2.46. The zero-order chi connectivity index (χ0) is 15.6. The third-order valence-electron chi connectivity index (χ3n) is 3.39. The maximum Gasteiger partial charge on any atom is 0.317 e. The van der Waals surface area contributed by atoms with Crippen molar-refractivity contribution >= 4 is 29.2 Å². The lowest BCUT2D eigenvalue weighted by atomic mass is 9.87. The Morgan fingerprint density at radius 2 is 1.95 bits per heavy atom. The Morgan fingerprint density at radius 1 is 1.33 bits per heavy atom. The molecule has 1 aromatic carbocycles. The average molecular weight is 304 g/mol. The molecule has 0 radical (unpaired) electrons. The summed E-state index contributed by atoms with van der Waals surface area (Å²) in [5, 5.41) is 3.05. The third-order valence-corrected chi connectivity index (χ3v) is 3.69. The monoisotopic (exact) mass is 304 g/mol. The molecular weight excluding hydrogens is 288 g/mol. The second-order valence-corrected chi connectivity index (χ2v) is 5.09. The van der Waals surface area contributed by atoms with E-state index in [1.54, 1.807) is 0 Å². The summed E-state index contributed by atoms with van der Waals surface area (Å²) in [4.78, 5) is 25.5. The van der Waals surface area contributed by atoms with Gasteiger partial charge in [-0.15, -0.1) is 0 Å². The normalized spacial score (nSPS) is 21.7. The van der Waals surface area contributed by atoms with Crippen molar-refractivity contribution in [2.45, 2.75) is 13.0 Å². The van der Waals surface area contributed by atoms with E-state index in [1.807, 2.05) is 30.3 Å². The third kappa shape index (κ3) is 2.80. The van der Waals surface area contributed by atoms with Gasteiger partial charge in [-0.2, -0.15) is 0 Å². The number of nitrogens with zero attached hydrogens (tertiary/aromatic N) is 1. The van der Waals surface area contributed by atoms with E-state index in [1.165, 1.54) is 18.9 Å². The Hall–Kier alpha value is -2.21. The molecule has 0 bridgehead atoms. The first-order valence-corrected chi connectivity index (χ1v) is 6.80. The van der Waals surface area contributed by atoms with Gasteiger partial charge in [0.2, 0.25) is 5.91 Å². The van der Waals surface area contributed by atoms with E-state index in [0.717, 1.165) is 5.56 Å². The molecule has 1 fully saturated rings. The fourth-order valence-corrected chi connectivity index (χ4v) is 2.84. The molecule has 1 aromatic rings. The molecule has 2 unspecified atom stereocenters. The van der Waals surface area contributed by atoms with Gasteiger partial charge in [0, 0.05) is 12.6 Å². The van der Waals surface area contributed by atoms with Crippen LogP contribution < -0.4 is 5.32 Å². The van der Waals surface area contributed by atoms with Crippen LogP contribution in [0, 0.1) is 5.92 Å². The molecule has 21 heavy (non-hydrogen) atoms. The van der Waals surface area contributed by atoms with Gasteiger partial charge in [-0.25, -0.2) is 0 Å². The van der Waals surface area contributed by atoms with E-state index in [4.69, 9.17) is 17.0 Å². The highest BCUT2D eigenvalue weighted by molar-refractivity contribution is 7.80. The summed E-state index contributed by atoms with van der Waals surface area (Å²) in [6.07, 6.45) is 0. The molecule has 5 nitrogen and oxygen atoms in total. The fraction of sp³-hybridized carbons (Fsp3) is 0.267. The Morgan fingerprint density at radius 3 is 2.48 bits per heavy atom. The highest BCUT2D eigenvalue weighted by atomic mass is 32.1. The number of methoxy groups -OCH3 is 1. The number of nitrogens with one attached hydrogen (secondary N) is 1. The number of esters is 1. The van der Waals surface area contributed by atoms with Gasteiger partial charge in [-0.3, -0.25) is 14.5 Å². The van der Waals surface area contributed by atoms with E-state index in [-0.39, 0.29) is 11.0 Å². The van der Waals surface area contributed by atoms with Crippen LogP contribution in [0.4, 0.5) is 0 Å². The predicted octanol–water partition coefficient (Wildman–Crippen LogP) is 1.77. The molecule has 2 atom stereocenters. The first-order valence-electron chi connectivity index (χ1n) is 6.39. The maximum atomic E-state index is 12.1. The van der Waals surface area contributed by atoms with Crippen LogP contribution >= 0.6 is 12.2 Å². The summed E-state index contributed by atoms with van der Waals surface area (Å²) in [6, 6.07) is 8.68. The van der Waals surface area contributed by atoms with Crippen LogP contribution in [0.25, 0.3) is 0 Å². The molecule has 1 heterocycles. The molecule has 1 N–H and O–H groups in total. The van der Waals surface area contributed by atoms with Crippen molar-refractivity contribution in [3.05, 3.63) is 48.2 Å². The van der Waals surface area contributed by atoms with Crippen LogP contribution in [0.1, 0.15) is 18.5 Å². The Kier molecular flexibility index (Phi) is 4.37. The number of carbonyl (C=O) groups excluding carboxylic acids is 2. The minimum Gasteiger partial charge on any atom is -0.468 e. The molecule has 1 amide bonds. The number of carbonyl (C=O) groups is 2. The molecule has 6 heteroatoms. The zero-order valence-corrected chi connectivity index (χ0v) is 12.6. The van der Waals surface area contributed by atoms with E-state index >= 15 is 0 Å². The number of hydrogen-bond donors (Lipinski definition) is 1. The standard InChI is InChI=1S/C15H16N2O3S/c1-9-12(14(19)20-3)13(11-7-5-4-6-8-11)17(10(2)18)15(21)16-9/h4-8,12-13H,1H2,2-3H3,(H,16,21). The Bertz CT molecular complexity index is 600. The SMILES string of the molecule is C=C1NC(=S)N(C(C)=O)C(c2ccccc2)C1C(=O)OC. The molecule has 0 aromatic heterocycles. The van der Waals surface area contributed by atoms with E-state index < -0.39 is 17.9 Å². The van der Waals surface area contributed by atoms with Crippen LogP contribution in [-0.2, 0) is 14.3 Å². The van der Waals surface area contributed by atoms with Gasteiger partial charge in [0.05, 0.1) is 13.2 Å². The van der Waals surface area contributed by atoms with Crippen molar-refractivity contribution in [3.63, 3.8) is 0 Å². The first-order chi connectivity index (χ1) is 9.97. The van der Waals surface area contributed by atoms with Crippen LogP contribution in [0.3, 0.4) is 0 Å². The molecule has 0 aliphatic carbocycles. The number of rotatable bonds is 2. The van der Waals surface area contributed by atoms with Crippen molar-refractivity contribution in [2.75, 3.05) is 7.11 Å². The number of hydrogen-bond acceptors (Lipinski definition) is 4. The van der Waals surface area contributed by atoms with Crippen molar-refractivity contribution in [3.8, 4) is 0 Å².